The number of morpholine rings is 1. The number of fused-ring (bicyclic) bond motifs is 1. The number of carbonyl (C=O) groups is 3. The molecule has 0 aromatic heterocycles. The van der Waals surface area contributed by atoms with Crippen LogP contribution in [0.25, 0.3) is 0 Å². The molecule has 3 aliphatic heterocycles. The molecule has 3 atom stereocenters. The van der Waals surface area contributed by atoms with Crippen LogP contribution in [0.15, 0.2) is 24.3 Å². The minimum atomic E-state index is -0.586. The van der Waals surface area contributed by atoms with Gasteiger partial charge in [0.1, 0.15) is 5.82 Å². The Morgan fingerprint density at radius 3 is 2.44 bits per heavy atom. The van der Waals surface area contributed by atoms with Crippen molar-refractivity contribution < 1.29 is 28.6 Å². The number of carboxylic acid groups (broad SMARTS) is 1. The van der Waals surface area contributed by atoms with Gasteiger partial charge in [0.05, 0.1) is 24.8 Å². The molecular weight excluding hydrogens is 417 g/mol. The van der Waals surface area contributed by atoms with E-state index in [1.54, 1.807) is 13.0 Å². The van der Waals surface area contributed by atoms with Gasteiger partial charge >= 0.3 is 0 Å². The van der Waals surface area contributed by atoms with E-state index in [1.165, 1.54) is 12.1 Å². The van der Waals surface area contributed by atoms with Crippen LogP contribution < -0.4 is 0 Å². The molecule has 176 valence electrons. The number of rotatable bonds is 3. The zero-order valence-corrected chi connectivity index (χ0v) is 18.9. The fraction of sp³-hybridized carbons (Fsp3) is 0.609. The maximum absolute atomic E-state index is 13.9. The number of ether oxygens (including phenoxy) is 1. The van der Waals surface area contributed by atoms with Crippen LogP contribution in [-0.4, -0.2) is 89.6 Å². The fourth-order valence-corrected chi connectivity index (χ4v) is 5.30. The molecule has 8 nitrogen and oxygen atoms in total. The highest BCUT2D eigenvalue weighted by molar-refractivity contribution is 5.86. The zero-order chi connectivity index (χ0) is 23.5. The first kappa shape index (κ1) is 24.1. The van der Waals surface area contributed by atoms with Crippen molar-refractivity contribution in [2.75, 3.05) is 45.9 Å². The van der Waals surface area contributed by atoms with Crippen LogP contribution in [0.2, 0.25) is 0 Å². The predicted molar refractivity (Wildman–Crippen MR) is 115 cm³/mol. The van der Waals surface area contributed by atoms with Crippen molar-refractivity contribution in [2.24, 2.45) is 11.8 Å². The van der Waals surface area contributed by atoms with Crippen molar-refractivity contribution in [1.29, 1.82) is 0 Å². The normalized spacial score (nSPS) is 25.7. The van der Waals surface area contributed by atoms with Crippen molar-refractivity contribution in [3.8, 4) is 0 Å². The number of carbonyl (C=O) groups excluding carboxylic acids is 2. The van der Waals surface area contributed by atoms with E-state index in [4.69, 9.17) is 14.6 Å². The average Bonchev–Trinajstić information content (AvgIpc) is 3.32. The topological polar surface area (TPSA) is 90.4 Å². The van der Waals surface area contributed by atoms with E-state index in [2.05, 4.69) is 4.90 Å². The number of benzene rings is 1. The van der Waals surface area contributed by atoms with Crippen molar-refractivity contribution in [2.45, 2.75) is 32.4 Å². The third-order valence-electron chi connectivity index (χ3n) is 6.87. The molecule has 0 spiro atoms. The van der Waals surface area contributed by atoms with Crippen LogP contribution in [-0.2, 0) is 19.1 Å². The van der Waals surface area contributed by atoms with Crippen molar-refractivity contribution >= 4 is 18.3 Å². The third-order valence-corrected chi connectivity index (χ3v) is 6.87. The monoisotopic (exact) mass is 449 g/mol. The van der Waals surface area contributed by atoms with E-state index in [0.29, 0.717) is 32.8 Å². The summed E-state index contributed by atoms with van der Waals surface area (Å²) in [5.41, 5.74) is 0.228. The molecule has 3 aliphatic rings. The lowest BCUT2D eigenvalue weighted by molar-refractivity contribution is -0.145. The Labute approximate surface area is 187 Å². The maximum atomic E-state index is 13.9. The number of nitrogens with zero attached hydrogens (tertiary/aromatic N) is 3. The van der Waals surface area contributed by atoms with Gasteiger partial charge in [-0.25, -0.2) is 4.39 Å². The van der Waals surface area contributed by atoms with E-state index >= 15 is 0 Å². The molecule has 4 rings (SSSR count). The van der Waals surface area contributed by atoms with Crippen molar-refractivity contribution in [3.05, 3.63) is 35.6 Å². The Bertz CT molecular complexity index is 843. The van der Waals surface area contributed by atoms with Gasteiger partial charge in [-0.05, 0) is 31.5 Å². The van der Waals surface area contributed by atoms with Gasteiger partial charge in [-0.15, -0.1) is 0 Å². The minimum absolute atomic E-state index is 0.000171. The number of amides is 2. The van der Waals surface area contributed by atoms with Gasteiger partial charge in [-0.3, -0.25) is 19.3 Å². The first-order chi connectivity index (χ1) is 15.2. The maximum Gasteiger partial charge on any atom is 0.290 e. The van der Waals surface area contributed by atoms with Crippen molar-refractivity contribution in [3.63, 3.8) is 0 Å². The smallest absolute Gasteiger partial charge is 0.290 e. The molecule has 1 aromatic carbocycles. The Kier molecular flexibility index (Phi) is 7.51. The van der Waals surface area contributed by atoms with Crippen molar-refractivity contribution in [1.82, 2.24) is 14.7 Å². The number of halogens is 1. The summed E-state index contributed by atoms with van der Waals surface area (Å²) in [6.07, 6.45) is 0. The lowest BCUT2D eigenvalue weighted by atomic mass is 9.89. The van der Waals surface area contributed by atoms with Gasteiger partial charge in [0.2, 0.25) is 11.8 Å². The molecule has 1 N–H and O–H groups in total. The van der Waals surface area contributed by atoms with Gasteiger partial charge in [0, 0.05) is 51.5 Å². The number of hydrogen-bond donors (Lipinski definition) is 1. The molecular formula is C23H32FN3O5. The van der Waals surface area contributed by atoms with E-state index in [0.717, 1.165) is 18.7 Å². The summed E-state index contributed by atoms with van der Waals surface area (Å²) < 4.78 is 19.3. The summed E-state index contributed by atoms with van der Waals surface area (Å²) in [4.78, 5) is 40.0. The molecule has 0 unspecified atom stereocenters. The Morgan fingerprint density at radius 2 is 1.84 bits per heavy atom. The van der Waals surface area contributed by atoms with Gasteiger partial charge in [-0.1, -0.05) is 12.1 Å². The second-order valence-electron chi connectivity index (χ2n) is 9.07. The van der Waals surface area contributed by atoms with Gasteiger partial charge in [0.15, 0.2) is 0 Å². The number of likely N-dealkylation sites (tertiary alicyclic amines) is 2. The second kappa shape index (κ2) is 9.95. The van der Waals surface area contributed by atoms with Gasteiger partial charge in [-0.2, -0.15) is 0 Å². The third kappa shape index (κ3) is 4.78. The molecule has 2 amide bonds. The summed E-state index contributed by atoms with van der Waals surface area (Å²) >= 11 is 0. The second-order valence-corrected chi connectivity index (χ2v) is 9.07. The molecule has 0 radical (unpaired) electrons. The molecule has 1 aromatic rings. The highest BCUT2D eigenvalue weighted by Gasteiger charge is 2.51. The largest absolute Gasteiger partial charge is 0.483 e. The quantitative estimate of drug-likeness (QED) is 0.706. The Hall–Kier alpha value is -2.52. The average molecular weight is 450 g/mol. The van der Waals surface area contributed by atoms with Gasteiger partial charge in [0.25, 0.3) is 6.47 Å². The van der Waals surface area contributed by atoms with Crippen LogP contribution in [0.1, 0.15) is 32.4 Å². The lowest BCUT2D eigenvalue weighted by Crippen LogP contribution is -2.58. The van der Waals surface area contributed by atoms with Crippen LogP contribution in [0.4, 0.5) is 4.39 Å². The summed E-state index contributed by atoms with van der Waals surface area (Å²) in [6.45, 7) is 9.96. The fourth-order valence-electron chi connectivity index (χ4n) is 5.30. The summed E-state index contributed by atoms with van der Waals surface area (Å²) in [5.74, 6) is 0.178. The Balaban J connectivity index is 0.000000913. The number of hydrogen-bond acceptors (Lipinski definition) is 5. The van der Waals surface area contributed by atoms with E-state index in [9.17, 15) is 14.0 Å². The first-order valence-electron chi connectivity index (χ1n) is 10.9. The minimum Gasteiger partial charge on any atom is -0.483 e. The Morgan fingerprint density at radius 1 is 1.19 bits per heavy atom. The molecule has 0 bridgehead atoms. The van der Waals surface area contributed by atoms with Gasteiger partial charge < -0.3 is 19.6 Å². The first-order valence-corrected chi connectivity index (χ1v) is 10.9. The van der Waals surface area contributed by atoms with Crippen LogP contribution in [0.5, 0.6) is 0 Å². The predicted octanol–water partition coefficient (Wildman–Crippen LogP) is 1.62. The SMILES string of the molecule is CC(=O)N1C[C@H]2CN(C(=O)C(C)(C)N3CCOCC3)C[C@H]2[C@@H]1c1cccc(F)c1.O=CO. The molecule has 32 heavy (non-hydrogen) atoms. The highest BCUT2D eigenvalue weighted by atomic mass is 19.1. The van der Waals surface area contributed by atoms with E-state index in [-0.39, 0.29) is 42.0 Å². The van der Waals surface area contributed by atoms with Crippen LogP contribution in [0.3, 0.4) is 0 Å². The lowest BCUT2D eigenvalue weighted by Gasteiger charge is -2.41. The molecule has 3 fully saturated rings. The molecule has 0 saturated carbocycles. The zero-order valence-electron chi connectivity index (χ0n) is 18.9. The van der Waals surface area contributed by atoms with E-state index in [1.807, 2.05) is 29.7 Å². The highest BCUT2D eigenvalue weighted by Crippen LogP contribution is 2.45. The van der Waals surface area contributed by atoms with Crippen LogP contribution in [0, 0.1) is 17.7 Å². The summed E-state index contributed by atoms with van der Waals surface area (Å²) in [5, 5.41) is 6.89. The summed E-state index contributed by atoms with van der Waals surface area (Å²) in [6, 6.07) is 6.33. The summed E-state index contributed by atoms with van der Waals surface area (Å²) in [7, 11) is 0. The van der Waals surface area contributed by atoms with E-state index < -0.39 is 5.54 Å². The van der Waals surface area contributed by atoms with Crippen LogP contribution >= 0.6 is 0 Å². The molecule has 3 heterocycles. The molecule has 3 saturated heterocycles. The standard InChI is InChI=1S/C22H30FN3O3.CH2O2/c1-15(27)26-13-17-12-24(21(28)22(2,3)25-7-9-29-10-8-25)14-19(17)20(26)16-5-4-6-18(23)11-16;2-1-3/h4-6,11,17,19-20H,7-10,12-14H2,1-3H3;1H,(H,2,3)/t17-,19-,20+;/m1./s1. The molecule has 0 aliphatic carbocycles. The molecule has 9 heteroatoms.